The Morgan fingerprint density at radius 2 is 2.12 bits per heavy atom. The zero-order chi connectivity index (χ0) is 13.1. The molecule has 100 valence electrons. The summed E-state index contributed by atoms with van der Waals surface area (Å²) in [6.07, 6.45) is -0.0370. The summed E-state index contributed by atoms with van der Waals surface area (Å²) >= 11 is 5.77. The van der Waals surface area contributed by atoms with Gasteiger partial charge in [0.1, 0.15) is 6.61 Å². The monoisotopic (exact) mass is 263 g/mol. The molecule has 0 aromatic carbocycles. The van der Waals surface area contributed by atoms with Crippen molar-refractivity contribution in [1.82, 2.24) is 4.90 Å². The molecular formula is C12H22ClNO3. The molecule has 0 aromatic rings. The Balaban J connectivity index is 2.45. The third kappa shape index (κ3) is 5.23. The van der Waals surface area contributed by atoms with Gasteiger partial charge in [0.05, 0.1) is 23.7 Å². The predicted molar refractivity (Wildman–Crippen MR) is 67.3 cm³/mol. The largest absolute Gasteiger partial charge is 0.370 e. The zero-order valence-electron chi connectivity index (χ0n) is 11.0. The van der Waals surface area contributed by atoms with Crippen LogP contribution in [0.15, 0.2) is 0 Å². The number of halogens is 1. The minimum Gasteiger partial charge on any atom is -0.370 e. The van der Waals surface area contributed by atoms with Gasteiger partial charge in [-0.15, -0.1) is 11.6 Å². The van der Waals surface area contributed by atoms with E-state index in [0.717, 1.165) is 0 Å². The van der Waals surface area contributed by atoms with Gasteiger partial charge in [0.25, 0.3) is 0 Å². The van der Waals surface area contributed by atoms with Crippen LogP contribution in [-0.2, 0) is 14.3 Å². The molecule has 1 saturated heterocycles. The lowest BCUT2D eigenvalue weighted by atomic mass is 10.2. The van der Waals surface area contributed by atoms with E-state index >= 15 is 0 Å². The third-order valence-corrected chi connectivity index (χ3v) is 2.82. The van der Waals surface area contributed by atoms with Crippen LogP contribution in [-0.4, -0.2) is 54.2 Å². The summed E-state index contributed by atoms with van der Waals surface area (Å²) in [4.78, 5) is 13.7. The fraction of sp³-hybridized carbons (Fsp3) is 0.917. The normalized spacial score (nSPS) is 26.1. The van der Waals surface area contributed by atoms with Gasteiger partial charge in [0.15, 0.2) is 0 Å². The van der Waals surface area contributed by atoms with Gasteiger partial charge in [-0.3, -0.25) is 4.79 Å². The molecule has 2 unspecified atom stereocenters. The van der Waals surface area contributed by atoms with Crippen LogP contribution >= 0.6 is 11.6 Å². The van der Waals surface area contributed by atoms with Crippen molar-refractivity contribution < 1.29 is 14.3 Å². The Labute approximate surface area is 108 Å². The summed E-state index contributed by atoms with van der Waals surface area (Å²) in [5, 5.41) is 0. The van der Waals surface area contributed by atoms with Crippen molar-refractivity contribution >= 4 is 17.5 Å². The molecule has 4 nitrogen and oxygen atoms in total. The summed E-state index contributed by atoms with van der Waals surface area (Å²) in [6, 6.07) is 0. The van der Waals surface area contributed by atoms with Crippen molar-refractivity contribution in [2.24, 2.45) is 0 Å². The average Bonchev–Trinajstić information content (AvgIpc) is 2.23. The van der Waals surface area contributed by atoms with Crippen LogP contribution in [0, 0.1) is 0 Å². The van der Waals surface area contributed by atoms with Gasteiger partial charge in [-0.1, -0.05) is 0 Å². The van der Waals surface area contributed by atoms with E-state index in [-0.39, 0.29) is 30.3 Å². The molecule has 0 N–H and O–H groups in total. The van der Waals surface area contributed by atoms with Gasteiger partial charge in [-0.2, -0.15) is 0 Å². The third-order valence-electron chi connectivity index (χ3n) is 2.48. The first-order chi connectivity index (χ1) is 7.81. The summed E-state index contributed by atoms with van der Waals surface area (Å²) in [5.41, 5.74) is -0.292. The summed E-state index contributed by atoms with van der Waals surface area (Å²) in [7, 11) is 0. The van der Waals surface area contributed by atoms with Crippen LogP contribution in [0.5, 0.6) is 0 Å². The van der Waals surface area contributed by atoms with Gasteiger partial charge in [0, 0.05) is 13.1 Å². The highest BCUT2D eigenvalue weighted by Gasteiger charge is 2.28. The van der Waals surface area contributed by atoms with Gasteiger partial charge in [-0.25, -0.2) is 0 Å². The molecule has 0 radical (unpaired) electrons. The van der Waals surface area contributed by atoms with Gasteiger partial charge in [0.2, 0.25) is 5.91 Å². The molecule has 1 fully saturated rings. The molecule has 0 saturated carbocycles. The molecule has 1 aliphatic heterocycles. The van der Waals surface area contributed by atoms with Crippen molar-refractivity contribution in [3.8, 4) is 0 Å². The maximum absolute atomic E-state index is 12.0. The van der Waals surface area contributed by atoms with E-state index in [4.69, 9.17) is 21.1 Å². The number of nitrogens with zero attached hydrogens (tertiary/aromatic N) is 1. The van der Waals surface area contributed by atoms with E-state index in [1.54, 1.807) is 4.90 Å². The average molecular weight is 264 g/mol. The van der Waals surface area contributed by atoms with E-state index in [1.165, 1.54) is 0 Å². The van der Waals surface area contributed by atoms with Crippen LogP contribution in [0.4, 0.5) is 0 Å². The van der Waals surface area contributed by atoms with E-state index in [2.05, 4.69) is 0 Å². The first-order valence-electron chi connectivity index (χ1n) is 5.95. The summed E-state index contributed by atoms with van der Waals surface area (Å²) in [6.45, 7) is 9.03. The highest BCUT2D eigenvalue weighted by Crippen LogP contribution is 2.13. The Morgan fingerprint density at radius 1 is 1.47 bits per heavy atom. The zero-order valence-corrected chi connectivity index (χ0v) is 11.8. The summed E-state index contributed by atoms with van der Waals surface area (Å²) < 4.78 is 11.1. The molecule has 2 atom stereocenters. The number of morpholine rings is 1. The second-order valence-electron chi connectivity index (χ2n) is 5.42. The minimum absolute atomic E-state index is 0.00481. The molecule has 1 heterocycles. The van der Waals surface area contributed by atoms with Crippen LogP contribution in [0.1, 0.15) is 27.7 Å². The lowest BCUT2D eigenvalue weighted by Gasteiger charge is -2.36. The molecule has 0 spiro atoms. The van der Waals surface area contributed by atoms with E-state index in [1.807, 2.05) is 27.7 Å². The van der Waals surface area contributed by atoms with Crippen LogP contribution in [0.2, 0.25) is 0 Å². The lowest BCUT2D eigenvalue weighted by Crippen LogP contribution is -2.51. The van der Waals surface area contributed by atoms with E-state index in [9.17, 15) is 4.79 Å². The standard InChI is InChI=1S/C12H22ClNO3/c1-9-6-14(7-10(5-13)17-9)11(15)8-16-12(2,3)4/h9-10H,5-8H2,1-4H3. The van der Waals surface area contributed by atoms with Crippen LogP contribution in [0.25, 0.3) is 0 Å². The lowest BCUT2D eigenvalue weighted by molar-refractivity contribution is -0.151. The molecule has 0 aliphatic carbocycles. The van der Waals surface area contributed by atoms with Gasteiger partial charge < -0.3 is 14.4 Å². The molecule has 1 rings (SSSR count). The maximum Gasteiger partial charge on any atom is 0.248 e. The number of rotatable bonds is 3. The molecule has 1 aliphatic rings. The molecule has 0 bridgehead atoms. The topological polar surface area (TPSA) is 38.8 Å². The van der Waals surface area contributed by atoms with Crippen molar-refractivity contribution in [3.63, 3.8) is 0 Å². The van der Waals surface area contributed by atoms with E-state index < -0.39 is 0 Å². The Morgan fingerprint density at radius 3 is 2.65 bits per heavy atom. The van der Waals surface area contributed by atoms with Gasteiger partial charge in [-0.05, 0) is 27.7 Å². The van der Waals surface area contributed by atoms with Crippen molar-refractivity contribution in [2.45, 2.75) is 45.5 Å². The number of hydrogen-bond donors (Lipinski definition) is 0. The first-order valence-corrected chi connectivity index (χ1v) is 6.48. The van der Waals surface area contributed by atoms with Crippen molar-refractivity contribution in [2.75, 3.05) is 25.6 Å². The highest BCUT2D eigenvalue weighted by atomic mass is 35.5. The second-order valence-corrected chi connectivity index (χ2v) is 5.73. The number of ether oxygens (including phenoxy) is 2. The second kappa shape index (κ2) is 6.03. The Bertz CT molecular complexity index is 265. The van der Waals surface area contributed by atoms with Crippen LogP contribution < -0.4 is 0 Å². The molecule has 5 heteroatoms. The number of amides is 1. The number of carbonyl (C=O) groups is 1. The van der Waals surface area contributed by atoms with Crippen LogP contribution in [0.3, 0.4) is 0 Å². The number of carbonyl (C=O) groups excluding carboxylic acids is 1. The Kier molecular flexibility index (Phi) is 5.22. The predicted octanol–water partition coefficient (Wildman–Crippen LogP) is 1.66. The molecule has 1 amide bonds. The minimum atomic E-state index is -0.292. The molecule has 17 heavy (non-hydrogen) atoms. The van der Waals surface area contributed by atoms with E-state index in [0.29, 0.717) is 19.0 Å². The highest BCUT2D eigenvalue weighted by molar-refractivity contribution is 6.18. The molecule has 0 aromatic heterocycles. The molecular weight excluding hydrogens is 242 g/mol. The number of hydrogen-bond acceptors (Lipinski definition) is 3. The fourth-order valence-electron chi connectivity index (χ4n) is 1.70. The van der Waals surface area contributed by atoms with Crippen molar-refractivity contribution in [1.29, 1.82) is 0 Å². The van der Waals surface area contributed by atoms with Crippen molar-refractivity contribution in [3.05, 3.63) is 0 Å². The first kappa shape index (κ1) is 14.7. The number of alkyl halides is 1. The van der Waals surface area contributed by atoms with Gasteiger partial charge >= 0.3 is 0 Å². The smallest absolute Gasteiger partial charge is 0.248 e. The SMILES string of the molecule is CC1CN(C(=O)COC(C)(C)C)CC(CCl)O1. The Hall–Kier alpha value is -0.320. The summed E-state index contributed by atoms with van der Waals surface area (Å²) in [5.74, 6) is 0.416. The fourth-order valence-corrected chi connectivity index (χ4v) is 1.87. The maximum atomic E-state index is 12.0. The quantitative estimate of drug-likeness (QED) is 0.727.